The molecule has 0 fully saturated rings. The molecule has 8 heteroatoms. The molecule has 0 bridgehead atoms. The van der Waals surface area contributed by atoms with Gasteiger partial charge < -0.3 is 5.32 Å². The van der Waals surface area contributed by atoms with Gasteiger partial charge in [0.1, 0.15) is 16.5 Å². The number of benzene rings is 2. The first-order valence-electron chi connectivity index (χ1n) is 10.4. The summed E-state index contributed by atoms with van der Waals surface area (Å²) in [6, 6.07) is 19.7. The number of hydrogen-bond donors (Lipinski definition) is 1. The topological polar surface area (TPSA) is 58.1 Å². The van der Waals surface area contributed by atoms with Crippen molar-refractivity contribution in [2.75, 3.05) is 0 Å². The highest BCUT2D eigenvalue weighted by Gasteiger charge is 2.15. The van der Waals surface area contributed by atoms with Crippen LogP contribution in [0.15, 0.2) is 78.3 Å². The molecule has 2 aromatic carbocycles. The molecule has 1 N–H and O–H groups in total. The van der Waals surface area contributed by atoms with Gasteiger partial charge in [-0.1, -0.05) is 41.9 Å². The molecule has 0 spiro atoms. The van der Waals surface area contributed by atoms with Crippen molar-refractivity contribution in [2.45, 2.75) is 26.2 Å². The zero-order chi connectivity index (χ0) is 23.0. The van der Waals surface area contributed by atoms with Gasteiger partial charge >= 0.3 is 0 Å². The Morgan fingerprint density at radius 1 is 1.00 bits per heavy atom. The van der Waals surface area contributed by atoms with Crippen LogP contribution in [0.25, 0.3) is 0 Å². The Hall–Kier alpha value is -3.13. The van der Waals surface area contributed by atoms with Gasteiger partial charge in [-0.2, -0.15) is 0 Å². The first kappa shape index (κ1) is 23.0. The molecule has 168 valence electrons. The van der Waals surface area contributed by atoms with Crippen molar-refractivity contribution in [3.63, 3.8) is 0 Å². The number of thiazole rings is 1. The number of carbonyl (C=O) groups is 1. The van der Waals surface area contributed by atoms with Crippen molar-refractivity contribution in [2.24, 2.45) is 0 Å². The van der Waals surface area contributed by atoms with Gasteiger partial charge in [-0.05, 0) is 47.5 Å². The second-order valence-electron chi connectivity index (χ2n) is 7.53. The van der Waals surface area contributed by atoms with E-state index in [1.807, 2.05) is 42.5 Å². The number of nitrogens with zero attached hydrogens (tertiary/aromatic N) is 3. The van der Waals surface area contributed by atoms with E-state index in [1.54, 1.807) is 23.7 Å². The van der Waals surface area contributed by atoms with Crippen molar-refractivity contribution in [3.8, 4) is 0 Å². The SMILES string of the molecule is O=C(NCc1ccccn1)c1csc(CN(Cc2ccc(F)cc2)Cc2cccc(Cl)c2)n1. The summed E-state index contributed by atoms with van der Waals surface area (Å²) in [5.41, 5.74) is 3.22. The van der Waals surface area contributed by atoms with E-state index in [-0.39, 0.29) is 11.7 Å². The average molecular weight is 481 g/mol. The molecule has 0 atom stereocenters. The molecule has 4 aromatic rings. The average Bonchev–Trinajstić information content (AvgIpc) is 3.28. The van der Waals surface area contributed by atoms with E-state index < -0.39 is 0 Å². The maximum atomic E-state index is 13.3. The Morgan fingerprint density at radius 2 is 1.82 bits per heavy atom. The minimum atomic E-state index is -0.263. The van der Waals surface area contributed by atoms with Crippen LogP contribution in [0.1, 0.15) is 32.3 Å². The van der Waals surface area contributed by atoms with Crippen molar-refractivity contribution in [1.82, 2.24) is 20.2 Å². The van der Waals surface area contributed by atoms with Gasteiger partial charge in [0.15, 0.2) is 0 Å². The lowest BCUT2D eigenvalue weighted by molar-refractivity contribution is 0.0945. The third-order valence-corrected chi connectivity index (χ3v) is 5.98. The number of hydrogen-bond acceptors (Lipinski definition) is 5. The highest BCUT2D eigenvalue weighted by atomic mass is 35.5. The van der Waals surface area contributed by atoms with Crippen molar-refractivity contribution >= 4 is 28.8 Å². The van der Waals surface area contributed by atoms with Crippen LogP contribution in [0.2, 0.25) is 5.02 Å². The van der Waals surface area contributed by atoms with Gasteiger partial charge in [0.25, 0.3) is 5.91 Å². The predicted molar refractivity (Wildman–Crippen MR) is 128 cm³/mol. The molecule has 0 aliphatic rings. The fourth-order valence-corrected chi connectivity index (χ4v) is 4.38. The second-order valence-corrected chi connectivity index (χ2v) is 8.91. The van der Waals surface area contributed by atoms with Gasteiger partial charge in [0, 0.05) is 29.7 Å². The zero-order valence-corrected chi connectivity index (χ0v) is 19.3. The van der Waals surface area contributed by atoms with E-state index in [4.69, 9.17) is 11.6 Å². The van der Waals surface area contributed by atoms with E-state index in [1.165, 1.54) is 23.5 Å². The summed E-state index contributed by atoms with van der Waals surface area (Å²) >= 11 is 7.60. The van der Waals surface area contributed by atoms with E-state index in [9.17, 15) is 9.18 Å². The van der Waals surface area contributed by atoms with Gasteiger partial charge in [0.05, 0.1) is 18.8 Å². The molecule has 0 radical (unpaired) electrons. The summed E-state index contributed by atoms with van der Waals surface area (Å²) < 4.78 is 13.3. The van der Waals surface area contributed by atoms with Crippen LogP contribution in [-0.2, 0) is 26.2 Å². The number of amides is 1. The summed E-state index contributed by atoms with van der Waals surface area (Å²) in [5, 5.41) is 6.11. The van der Waals surface area contributed by atoms with Gasteiger partial charge in [-0.25, -0.2) is 9.37 Å². The normalized spacial score (nSPS) is 11.0. The second kappa shape index (κ2) is 11.1. The van der Waals surface area contributed by atoms with Crippen molar-refractivity contribution < 1.29 is 9.18 Å². The Bertz CT molecular complexity index is 1200. The molecule has 4 rings (SSSR count). The number of carbonyl (C=O) groups excluding carboxylic acids is 1. The highest BCUT2D eigenvalue weighted by Crippen LogP contribution is 2.19. The number of pyridine rings is 1. The molecule has 2 heterocycles. The summed E-state index contributed by atoms with van der Waals surface area (Å²) in [6.07, 6.45) is 1.69. The van der Waals surface area contributed by atoms with Crippen LogP contribution in [0, 0.1) is 5.82 Å². The van der Waals surface area contributed by atoms with Crippen LogP contribution in [0.5, 0.6) is 0 Å². The van der Waals surface area contributed by atoms with Gasteiger partial charge in [0.2, 0.25) is 0 Å². The van der Waals surface area contributed by atoms with Crippen molar-refractivity contribution in [3.05, 3.63) is 117 Å². The fraction of sp³-hybridized carbons (Fsp3) is 0.160. The van der Waals surface area contributed by atoms with Crippen LogP contribution in [0.4, 0.5) is 4.39 Å². The summed E-state index contributed by atoms with van der Waals surface area (Å²) in [6.45, 7) is 2.13. The zero-order valence-electron chi connectivity index (χ0n) is 17.7. The van der Waals surface area contributed by atoms with E-state index in [0.717, 1.165) is 21.8 Å². The molecular formula is C25H22ClFN4OS. The maximum Gasteiger partial charge on any atom is 0.271 e. The summed E-state index contributed by atoms with van der Waals surface area (Å²) in [4.78, 5) is 23.4. The maximum absolute atomic E-state index is 13.3. The van der Waals surface area contributed by atoms with E-state index >= 15 is 0 Å². The number of halogens is 2. The predicted octanol–water partition coefficient (Wildman–Crippen LogP) is 5.46. The Kier molecular flexibility index (Phi) is 7.78. The van der Waals surface area contributed by atoms with Crippen LogP contribution < -0.4 is 5.32 Å². The lowest BCUT2D eigenvalue weighted by Gasteiger charge is -2.21. The molecule has 5 nitrogen and oxygen atoms in total. The fourth-order valence-electron chi connectivity index (χ4n) is 3.35. The third kappa shape index (κ3) is 6.92. The molecule has 0 saturated heterocycles. The number of aromatic nitrogens is 2. The molecule has 0 unspecified atom stereocenters. The van der Waals surface area contributed by atoms with Gasteiger partial charge in [-0.3, -0.25) is 14.7 Å². The molecule has 0 aliphatic heterocycles. The van der Waals surface area contributed by atoms with E-state index in [0.29, 0.717) is 36.9 Å². The smallest absolute Gasteiger partial charge is 0.271 e. The molecule has 33 heavy (non-hydrogen) atoms. The number of rotatable bonds is 9. The van der Waals surface area contributed by atoms with E-state index in [2.05, 4.69) is 20.2 Å². The molecular weight excluding hydrogens is 459 g/mol. The highest BCUT2D eigenvalue weighted by molar-refractivity contribution is 7.09. The van der Waals surface area contributed by atoms with Gasteiger partial charge in [-0.15, -0.1) is 11.3 Å². The quantitative estimate of drug-likeness (QED) is 0.345. The lowest BCUT2D eigenvalue weighted by Crippen LogP contribution is -2.24. The largest absolute Gasteiger partial charge is 0.345 e. The van der Waals surface area contributed by atoms with Crippen LogP contribution in [0.3, 0.4) is 0 Å². The first-order chi connectivity index (χ1) is 16.0. The molecule has 2 aromatic heterocycles. The monoisotopic (exact) mass is 480 g/mol. The molecule has 0 saturated carbocycles. The van der Waals surface area contributed by atoms with Crippen LogP contribution in [-0.4, -0.2) is 20.8 Å². The molecule has 1 amide bonds. The minimum absolute atomic E-state index is 0.233. The Balaban J connectivity index is 1.44. The summed E-state index contributed by atoms with van der Waals surface area (Å²) in [5.74, 6) is -0.496. The standard InChI is InChI=1S/C25H22ClFN4OS/c26-20-5-3-4-19(12-20)15-31(14-18-7-9-21(27)10-8-18)16-24-30-23(17-33-24)25(32)29-13-22-6-1-2-11-28-22/h1-12,17H,13-16H2,(H,29,32). The lowest BCUT2D eigenvalue weighted by atomic mass is 10.1. The van der Waals surface area contributed by atoms with Crippen LogP contribution >= 0.6 is 22.9 Å². The Labute approximate surface area is 200 Å². The van der Waals surface area contributed by atoms with Crippen molar-refractivity contribution in [1.29, 1.82) is 0 Å². The minimum Gasteiger partial charge on any atom is -0.345 e. The summed E-state index contributed by atoms with van der Waals surface area (Å²) in [7, 11) is 0. The first-order valence-corrected chi connectivity index (χ1v) is 11.6. The molecule has 0 aliphatic carbocycles. The third-order valence-electron chi connectivity index (χ3n) is 4.91. The Morgan fingerprint density at radius 3 is 2.58 bits per heavy atom. The number of nitrogens with one attached hydrogen (secondary N) is 1.